The van der Waals surface area contributed by atoms with Crippen molar-refractivity contribution in [3.05, 3.63) is 71.2 Å². The molecule has 3 aromatic carbocycles. The largest absolute Gasteiger partial charge is 0.497 e. The SMILES string of the molecule is COc1ccc(N2C(=O)CC[C@@H](C(=O)Nc3ccc(OC)c(Cl)c3)[C@H]2c2ccc(OC)c(OC)c2)cc1. The maximum atomic E-state index is 13.7. The average Bonchev–Trinajstić information content (AvgIpc) is 2.92. The molecular weight excluding hydrogens is 496 g/mol. The fraction of sp³-hybridized carbons (Fsp3) is 0.286. The van der Waals surface area contributed by atoms with Gasteiger partial charge < -0.3 is 29.2 Å². The van der Waals surface area contributed by atoms with Gasteiger partial charge >= 0.3 is 0 Å². The van der Waals surface area contributed by atoms with Crippen LogP contribution >= 0.6 is 11.6 Å². The molecule has 3 aromatic rings. The zero-order valence-electron chi connectivity index (χ0n) is 21.1. The van der Waals surface area contributed by atoms with Crippen LogP contribution < -0.4 is 29.2 Å². The number of hydrogen-bond donors (Lipinski definition) is 1. The fourth-order valence-electron chi connectivity index (χ4n) is 4.61. The molecule has 0 aromatic heterocycles. The lowest BCUT2D eigenvalue weighted by Crippen LogP contribution is -2.47. The summed E-state index contributed by atoms with van der Waals surface area (Å²) in [5.74, 6) is 1.37. The van der Waals surface area contributed by atoms with E-state index in [-0.39, 0.29) is 18.2 Å². The van der Waals surface area contributed by atoms with Crippen molar-refractivity contribution in [2.75, 3.05) is 38.7 Å². The Hall–Kier alpha value is -3.91. The lowest BCUT2D eigenvalue weighted by molar-refractivity contribution is -0.125. The van der Waals surface area contributed by atoms with E-state index in [1.54, 1.807) is 62.6 Å². The van der Waals surface area contributed by atoms with Gasteiger partial charge in [0.25, 0.3) is 0 Å². The number of halogens is 1. The molecule has 194 valence electrons. The maximum Gasteiger partial charge on any atom is 0.229 e. The molecule has 0 aliphatic carbocycles. The van der Waals surface area contributed by atoms with E-state index in [2.05, 4.69) is 5.32 Å². The van der Waals surface area contributed by atoms with Crippen LogP contribution in [0.3, 0.4) is 0 Å². The van der Waals surface area contributed by atoms with Gasteiger partial charge in [0.2, 0.25) is 11.8 Å². The molecule has 0 spiro atoms. The number of carbonyl (C=O) groups is 2. The topological polar surface area (TPSA) is 86.3 Å². The quantitative estimate of drug-likeness (QED) is 0.419. The van der Waals surface area contributed by atoms with Crippen LogP contribution in [0.4, 0.5) is 11.4 Å². The predicted molar refractivity (Wildman–Crippen MR) is 142 cm³/mol. The van der Waals surface area contributed by atoms with Crippen molar-refractivity contribution in [1.29, 1.82) is 0 Å². The van der Waals surface area contributed by atoms with Crippen molar-refractivity contribution in [3.63, 3.8) is 0 Å². The second kappa shape index (κ2) is 11.4. The van der Waals surface area contributed by atoms with E-state index in [1.165, 1.54) is 7.11 Å². The standard InChI is InChI=1S/C28H29ClN2O6/c1-34-20-9-7-19(8-10-20)31-26(32)14-11-21(27(31)17-5-12-24(36-3)25(15-17)37-4)28(33)30-18-6-13-23(35-2)22(29)16-18/h5-10,12-13,15-16,21,27H,11,14H2,1-4H3,(H,30,33)/t21-,27-/m1/s1. The highest BCUT2D eigenvalue weighted by molar-refractivity contribution is 6.32. The van der Waals surface area contributed by atoms with Crippen molar-refractivity contribution in [1.82, 2.24) is 0 Å². The van der Waals surface area contributed by atoms with Gasteiger partial charge in [0.1, 0.15) is 11.5 Å². The monoisotopic (exact) mass is 524 g/mol. The number of anilines is 2. The minimum atomic E-state index is -0.594. The smallest absolute Gasteiger partial charge is 0.229 e. The number of amides is 2. The summed E-state index contributed by atoms with van der Waals surface area (Å²) in [4.78, 5) is 28.7. The van der Waals surface area contributed by atoms with Crippen LogP contribution in [-0.2, 0) is 9.59 Å². The van der Waals surface area contributed by atoms with E-state index in [0.717, 1.165) is 5.56 Å². The molecule has 1 aliphatic rings. The summed E-state index contributed by atoms with van der Waals surface area (Å²) in [6.07, 6.45) is 0.595. The molecule has 8 nitrogen and oxygen atoms in total. The number of hydrogen-bond acceptors (Lipinski definition) is 6. The molecule has 1 fully saturated rings. The van der Waals surface area contributed by atoms with Gasteiger partial charge in [0, 0.05) is 17.8 Å². The number of carbonyl (C=O) groups excluding carboxylic acids is 2. The number of ether oxygens (including phenoxy) is 4. The van der Waals surface area contributed by atoms with Crippen molar-refractivity contribution in [3.8, 4) is 23.0 Å². The maximum absolute atomic E-state index is 13.7. The Morgan fingerprint density at radius 2 is 1.54 bits per heavy atom. The van der Waals surface area contributed by atoms with Gasteiger partial charge in [0.15, 0.2) is 11.5 Å². The molecule has 1 saturated heterocycles. The van der Waals surface area contributed by atoms with Crippen LogP contribution in [0.5, 0.6) is 23.0 Å². The molecule has 4 rings (SSSR count). The van der Waals surface area contributed by atoms with Gasteiger partial charge in [-0.1, -0.05) is 17.7 Å². The molecule has 2 amide bonds. The van der Waals surface area contributed by atoms with E-state index < -0.39 is 12.0 Å². The summed E-state index contributed by atoms with van der Waals surface area (Å²) in [5, 5.41) is 3.35. The third kappa shape index (κ3) is 5.44. The highest BCUT2D eigenvalue weighted by atomic mass is 35.5. The summed E-state index contributed by atoms with van der Waals surface area (Å²) >= 11 is 6.27. The highest BCUT2D eigenvalue weighted by Gasteiger charge is 2.42. The number of piperidine rings is 1. The van der Waals surface area contributed by atoms with Gasteiger partial charge in [-0.2, -0.15) is 0 Å². The molecule has 0 radical (unpaired) electrons. The first-order chi connectivity index (χ1) is 17.9. The summed E-state index contributed by atoms with van der Waals surface area (Å²) in [6.45, 7) is 0. The molecule has 0 bridgehead atoms. The summed E-state index contributed by atoms with van der Waals surface area (Å²) < 4.78 is 21.4. The second-order valence-corrected chi connectivity index (χ2v) is 8.91. The Bertz CT molecular complexity index is 1280. The van der Waals surface area contributed by atoms with Crippen molar-refractivity contribution < 1.29 is 28.5 Å². The zero-order valence-corrected chi connectivity index (χ0v) is 21.9. The molecule has 37 heavy (non-hydrogen) atoms. The third-order valence-electron chi connectivity index (χ3n) is 6.45. The molecule has 1 aliphatic heterocycles. The van der Waals surface area contributed by atoms with E-state index in [0.29, 0.717) is 45.8 Å². The minimum absolute atomic E-state index is 0.0820. The normalized spacial score (nSPS) is 17.2. The Morgan fingerprint density at radius 3 is 2.16 bits per heavy atom. The Labute approximate surface area is 221 Å². The fourth-order valence-corrected chi connectivity index (χ4v) is 4.87. The molecule has 0 saturated carbocycles. The van der Waals surface area contributed by atoms with Crippen LogP contribution in [0.15, 0.2) is 60.7 Å². The van der Waals surface area contributed by atoms with Gasteiger partial charge in [-0.05, 0) is 66.6 Å². The molecule has 1 heterocycles. The van der Waals surface area contributed by atoms with Crippen LogP contribution in [-0.4, -0.2) is 40.3 Å². The Morgan fingerprint density at radius 1 is 0.865 bits per heavy atom. The first kappa shape index (κ1) is 26.2. The predicted octanol–water partition coefficient (Wildman–Crippen LogP) is 5.50. The van der Waals surface area contributed by atoms with Gasteiger partial charge in [-0.25, -0.2) is 0 Å². The van der Waals surface area contributed by atoms with E-state index >= 15 is 0 Å². The van der Waals surface area contributed by atoms with E-state index in [1.807, 2.05) is 24.3 Å². The second-order valence-electron chi connectivity index (χ2n) is 8.50. The number of nitrogens with one attached hydrogen (secondary N) is 1. The van der Waals surface area contributed by atoms with Gasteiger partial charge in [-0.3, -0.25) is 9.59 Å². The summed E-state index contributed by atoms with van der Waals surface area (Å²) in [6, 6.07) is 17.1. The van der Waals surface area contributed by atoms with Crippen LogP contribution in [0.1, 0.15) is 24.4 Å². The minimum Gasteiger partial charge on any atom is -0.497 e. The highest BCUT2D eigenvalue weighted by Crippen LogP contribution is 2.43. The third-order valence-corrected chi connectivity index (χ3v) is 6.75. The first-order valence-corrected chi connectivity index (χ1v) is 12.1. The summed E-state index contributed by atoms with van der Waals surface area (Å²) in [5.41, 5.74) is 1.94. The number of benzene rings is 3. The van der Waals surface area contributed by atoms with Crippen LogP contribution in [0, 0.1) is 5.92 Å². The number of rotatable bonds is 8. The average molecular weight is 525 g/mol. The van der Waals surface area contributed by atoms with Crippen molar-refractivity contribution in [2.45, 2.75) is 18.9 Å². The van der Waals surface area contributed by atoms with Gasteiger partial charge in [-0.15, -0.1) is 0 Å². The van der Waals surface area contributed by atoms with Gasteiger partial charge in [0.05, 0.1) is 45.4 Å². The van der Waals surface area contributed by atoms with E-state index in [9.17, 15) is 9.59 Å². The molecule has 2 atom stereocenters. The lowest BCUT2D eigenvalue weighted by Gasteiger charge is -2.41. The first-order valence-electron chi connectivity index (χ1n) is 11.7. The van der Waals surface area contributed by atoms with Crippen molar-refractivity contribution >= 4 is 34.8 Å². The van der Waals surface area contributed by atoms with Crippen molar-refractivity contribution in [2.24, 2.45) is 5.92 Å². The Kier molecular flexibility index (Phi) is 8.08. The Balaban J connectivity index is 1.76. The zero-order chi connectivity index (χ0) is 26.5. The van der Waals surface area contributed by atoms with Crippen LogP contribution in [0.2, 0.25) is 5.02 Å². The molecular formula is C28H29ClN2O6. The summed E-state index contributed by atoms with van der Waals surface area (Å²) in [7, 11) is 6.22. The lowest BCUT2D eigenvalue weighted by atomic mass is 9.83. The molecule has 1 N–H and O–H groups in total. The number of methoxy groups -OCH3 is 4. The molecule has 0 unspecified atom stereocenters. The van der Waals surface area contributed by atoms with E-state index in [4.69, 9.17) is 30.5 Å². The van der Waals surface area contributed by atoms with Crippen LogP contribution in [0.25, 0.3) is 0 Å². The number of nitrogens with zero attached hydrogens (tertiary/aromatic N) is 1. The molecule has 9 heteroatoms.